The van der Waals surface area contributed by atoms with Gasteiger partial charge in [0, 0.05) is 13.2 Å². The van der Waals surface area contributed by atoms with Crippen molar-refractivity contribution in [3.05, 3.63) is 0 Å². The van der Waals surface area contributed by atoms with Crippen LogP contribution in [0.4, 0.5) is 0 Å². The van der Waals surface area contributed by atoms with Crippen molar-refractivity contribution in [3.8, 4) is 0 Å². The third-order valence-corrected chi connectivity index (χ3v) is 4.90. The van der Waals surface area contributed by atoms with Gasteiger partial charge in [-0.25, -0.2) is 0 Å². The molecule has 124 valence electrons. The summed E-state index contributed by atoms with van der Waals surface area (Å²) < 4.78 is 10.5. The Kier molecular flexibility index (Phi) is 7.63. The summed E-state index contributed by atoms with van der Waals surface area (Å²) in [5, 5.41) is 3.27. The van der Waals surface area contributed by atoms with E-state index in [4.69, 9.17) is 9.47 Å². The van der Waals surface area contributed by atoms with Gasteiger partial charge in [-0.2, -0.15) is 0 Å². The van der Waals surface area contributed by atoms with Crippen LogP contribution >= 0.6 is 0 Å². The number of hydrogen-bond acceptors (Lipinski definition) is 5. The van der Waals surface area contributed by atoms with E-state index in [1.807, 2.05) is 14.0 Å². The Hall–Kier alpha value is -0.650. The van der Waals surface area contributed by atoms with Crippen molar-refractivity contribution in [1.29, 1.82) is 0 Å². The highest BCUT2D eigenvalue weighted by molar-refractivity contribution is 5.81. The minimum Gasteiger partial charge on any atom is -0.465 e. The second-order valence-electron chi connectivity index (χ2n) is 6.10. The smallest absolute Gasteiger partial charge is 0.326 e. The van der Waals surface area contributed by atoms with E-state index in [1.54, 1.807) is 7.11 Å². The molecule has 0 amide bonds. The molecule has 1 N–H and O–H groups in total. The summed E-state index contributed by atoms with van der Waals surface area (Å²) in [6, 6.07) is 0.392. The lowest BCUT2D eigenvalue weighted by atomic mass is 9.84. The minimum absolute atomic E-state index is 0.0809. The van der Waals surface area contributed by atoms with Gasteiger partial charge >= 0.3 is 5.97 Å². The number of carbonyl (C=O) groups is 1. The Morgan fingerprint density at radius 1 is 1.52 bits per heavy atom. The van der Waals surface area contributed by atoms with Crippen LogP contribution in [0.15, 0.2) is 0 Å². The van der Waals surface area contributed by atoms with Gasteiger partial charge in [-0.15, -0.1) is 0 Å². The van der Waals surface area contributed by atoms with Gasteiger partial charge in [0.1, 0.15) is 5.54 Å². The molecule has 0 aromatic carbocycles. The summed E-state index contributed by atoms with van der Waals surface area (Å²) in [5.74, 6) is 0.265. The SMILES string of the molecule is CCOC(=O)C1(NC)CCCC1CCN(C)C(C)COC. The maximum atomic E-state index is 12.4. The van der Waals surface area contributed by atoms with E-state index < -0.39 is 5.54 Å². The number of carbonyl (C=O) groups excluding carboxylic acids is 1. The molecule has 1 saturated carbocycles. The average Bonchev–Trinajstić information content (AvgIpc) is 2.89. The van der Waals surface area contributed by atoms with Crippen molar-refractivity contribution >= 4 is 5.97 Å². The van der Waals surface area contributed by atoms with Crippen LogP contribution < -0.4 is 5.32 Å². The molecular formula is C16H32N2O3. The summed E-state index contributed by atoms with van der Waals surface area (Å²) in [4.78, 5) is 14.7. The predicted molar refractivity (Wildman–Crippen MR) is 84.3 cm³/mol. The standard InChI is InChI=1S/C16H32N2O3/c1-6-21-15(19)16(17-3)10-7-8-14(16)9-11-18(4)13(2)12-20-5/h13-14,17H,6-12H2,1-5H3. The van der Waals surface area contributed by atoms with Crippen molar-refractivity contribution < 1.29 is 14.3 Å². The van der Waals surface area contributed by atoms with Crippen LogP contribution in [-0.4, -0.2) is 63.4 Å². The van der Waals surface area contributed by atoms with E-state index in [-0.39, 0.29) is 5.97 Å². The maximum Gasteiger partial charge on any atom is 0.326 e. The van der Waals surface area contributed by atoms with Crippen LogP contribution in [0.1, 0.15) is 39.5 Å². The Bertz CT molecular complexity index is 325. The first kappa shape index (κ1) is 18.4. The van der Waals surface area contributed by atoms with Crippen LogP contribution in [0.25, 0.3) is 0 Å². The zero-order valence-corrected chi connectivity index (χ0v) is 14.3. The fourth-order valence-corrected chi connectivity index (χ4v) is 3.38. The minimum atomic E-state index is -0.485. The largest absolute Gasteiger partial charge is 0.465 e. The van der Waals surface area contributed by atoms with Gasteiger partial charge in [-0.3, -0.25) is 4.79 Å². The molecule has 1 fully saturated rings. The van der Waals surface area contributed by atoms with E-state index in [0.717, 1.165) is 38.8 Å². The lowest BCUT2D eigenvalue weighted by Crippen LogP contribution is -2.54. The first-order chi connectivity index (χ1) is 10.0. The number of methoxy groups -OCH3 is 1. The number of likely N-dealkylation sites (N-methyl/N-ethyl adjacent to an activating group) is 2. The fraction of sp³-hybridized carbons (Fsp3) is 0.938. The van der Waals surface area contributed by atoms with Crippen LogP contribution in [0.3, 0.4) is 0 Å². The van der Waals surface area contributed by atoms with Crippen molar-refractivity contribution in [2.45, 2.75) is 51.1 Å². The summed E-state index contributed by atoms with van der Waals surface area (Å²) >= 11 is 0. The molecule has 3 unspecified atom stereocenters. The molecule has 0 heterocycles. The topological polar surface area (TPSA) is 50.8 Å². The Balaban J connectivity index is 2.61. The monoisotopic (exact) mass is 300 g/mol. The average molecular weight is 300 g/mol. The number of rotatable bonds is 9. The molecule has 1 aliphatic carbocycles. The van der Waals surface area contributed by atoms with Gasteiger partial charge < -0.3 is 19.7 Å². The van der Waals surface area contributed by atoms with Crippen molar-refractivity contribution in [2.24, 2.45) is 5.92 Å². The van der Waals surface area contributed by atoms with Crippen LogP contribution in [-0.2, 0) is 14.3 Å². The van der Waals surface area contributed by atoms with E-state index >= 15 is 0 Å². The van der Waals surface area contributed by atoms with E-state index in [0.29, 0.717) is 18.6 Å². The summed E-state index contributed by atoms with van der Waals surface area (Å²) in [5.41, 5.74) is -0.485. The lowest BCUT2D eigenvalue weighted by Gasteiger charge is -2.34. The Morgan fingerprint density at radius 3 is 2.81 bits per heavy atom. The summed E-state index contributed by atoms with van der Waals surface area (Å²) in [7, 11) is 5.73. The molecule has 21 heavy (non-hydrogen) atoms. The first-order valence-electron chi connectivity index (χ1n) is 8.07. The molecule has 0 aromatic heterocycles. The number of nitrogens with one attached hydrogen (secondary N) is 1. The molecule has 0 spiro atoms. The van der Waals surface area contributed by atoms with Crippen LogP contribution in [0.5, 0.6) is 0 Å². The molecular weight excluding hydrogens is 268 g/mol. The zero-order chi connectivity index (χ0) is 15.9. The molecule has 1 aliphatic rings. The number of hydrogen-bond donors (Lipinski definition) is 1. The fourth-order valence-electron chi connectivity index (χ4n) is 3.38. The van der Waals surface area contributed by atoms with Crippen molar-refractivity contribution in [1.82, 2.24) is 10.2 Å². The van der Waals surface area contributed by atoms with Crippen molar-refractivity contribution in [2.75, 3.05) is 41.0 Å². The number of nitrogens with zero attached hydrogens (tertiary/aromatic N) is 1. The van der Waals surface area contributed by atoms with E-state index in [1.165, 1.54) is 0 Å². The third-order valence-electron chi connectivity index (χ3n) is 4.90. The molecule has 0 aliphatic heterocycles. The van der Waals surface area contributed by atoms with E-state index in [2.05, 4.69) is 24.2 Å². The highest BCUT2D eigenvalue weighted by atomic mass is 16.5. The molecule has 1 rings (SSSR count). The van der Waals surface area contributed by atoms with Gasteiger partial charge in [-0.1, -0.05) is 6.42 Å². The Morgan fingerprint density at radius 2 is 2.24 bits per heavy atom. The molecule has 5 nitrogen and oxygen atoms in total. The number of esters is 1. The van der Waals surface area contributed by atoms with Crippen molar-refractivity contribution in [3.63, 3.8) is 0 Å². The van der Waals surface area contributed by atoms with E-state index in [9.17, 15) is 4.79 Å². The first-order valence-corrected chi connectivity index (χ1v) is 8.07. The summed E-state index contributed by atoms with van der Waals surface area (Å²) in [6.45, 7) is 6.17. The summed E-state index contributed by atoms with van der Waals surface area (Å²) in [6.07, 6.45) is 4.06. The predicted octanol–water partition coefficient (Wildman–Crippen LogP) is 1.66. The third kappa shape index (κ3) is 4.41. The normalized spacial score (nSPS) is 27.0. The molecule has 5 heteroatoms. The molecule has 0 radical (unpaired) electrons. The highest BCUT2D eigenvalue weighted by Crippen LogP contribution is 2.38. The van der Waals surface area contributed by atoms with Crippen LogP contribution in [0.2, 0.25) is 0 Å². The molecule has 0 bridgehead atoms. The second kappa shape index (κ2) is 8.71. The van der Waals surface area contributed by atoms with Gasteiger partial charge in [0.2, 0.25) is 0 Å². The van der Waals surface area contributed by atoms with Gasteiger partial charge in [0.05, 0.1) is 13.2 Å². The molecule has 0 saturated heterocycles. The quantitative estimate of drug-likeness (QED) is 0.656. The second-order valence-corrected chi connectivity index (χ2v) is 6.10. The number of ether oxygens (including phenoxy) is 2. The van der Waals surface area contributed by atoms with Gasteiger partial charge in [-0.05, 0) is 59.7 Å². The zero-order valence-electron chi connectivity index (χ0n) is 14.3. The highest BCUT2D eigenvalue weighted by Gasteiger charge is 2.48. The van der Waals surface area contributed by atoms with Crippen LogP contribution in [0, 0.1) is 5.92 Å². The Labute approximate surface area is 129 Å². The lowest BCUT2D eigenvalue weighted by molar-refractivity contribution is -0.153. The maximum absolute atomic E-state index is 12.4. The van der Waals surface area contributed by atoms with Gasteiger partial charge in [0.25, 0.3) is 0 Å². The molecule has 0 aromatic rings. The van der Waals surface area contributed by atoms with Gasteiger partial charge in [0.15, 0.2) is 0 Å². The molecule has 3 atom stereocenters.